The number of piperazine rings is 1. The predicted molar refractivity (Wildman–Crippen MR) is 45.2 cm³/mol. The molecule has 0 aliphatic carbocycles. The lowest BCUT2D eigenvalue weighted by Crippen LogP contribution is -2.45. The molecule has 11 heavy (non-hydrogen) atoms. The monoisotopic (exact) mass is 157 g/mol. The van der Waals surface area contributed by atoms with E-state index in [2.05, 4.69) is 24.0 Å². The molecule has 1 heterocycles. The molecule has 1 radical (unpaired) electrons. The van der Waals surface area contributed by atoms with Gasteiger partial charge in [0.05, 0.1) is 13.7 Å². The van der Waals surface area contributed by atoms with Gasteiger partial charge in [0, 0.05) is 32.7 Å². The van der Waals surface area contributed by atoms with Crippen LogP contribution in [-0.2, 0) is 4.74 Å². The van der Waals surface area contributed by atoms with Gasteiger partial charge in [-0.15, -0.1) is 0 Å². The maximum atomic E-state index is 4.77. The van der Waals surface area contributed by atoms with Gasteiger partial charge in [0.1, 0.15) is 0 Å². The molecule has 0 atom stereocenters. The summed E-state index contributed by atoms with van der Waals surface area (Å²) < 4.78 is 4.77. The van der Waals surface area contributed by atoms with E-state index < -0.39 is 0 Å². The SMILES string of the molecule is [CH2]OCCN1CCN(C)CC1. The van der Waals surface area contributed by atoms with Crippen molar-refractivity contribution in [2.75, 3.05) is 46.4 Å². The standard InChI is InChI=1S/C8H17N2O/c1-9-3-5-10(6-4-9)7-8-11-2/h2-8H2,1H3. The molecule has 0 aromatic heterocycles. The maximum absolute atomic E-state index is 4.77. The van der Waals surface area contributed by atoms with Crippen LogP contribution in [0.25, 0.3) is 0 Å². The van der Waals surface area contributed by atoms with Crippen molar-refractivity contribution in [2.24, 2.45) is 0 Å². The Morgan fingerprint density at radius 1 is 1.27 bits per heavy atom. The highest BCUT2D eigenvalue weighted by atomic mass is 16.5. The molecule has 1 aliphatic rings. The van der Waals surface area contributed by atoms with E-state index in [1.807, 2.05) is 0 Å². The number of likely N-dealkylation sites (N-methyl/N-ethyl adjacent to an activating group) is 1. The molecule has 0 saturated carbocycles. The molecule has 3 nitrogen and oxygen atoms in total. The Kier molecular flexibility index (Phi) is 3.83. The van der Waals surface area contributed by atoms with Crippen molar-refractivity contribution in [1.82, 2.24) is 9.80 Å². The molecule has 3 heteroatoms. The van der Waals surface area contributed by atoms with Gasteiger partial charge in [-0.25, -0.2) is 0 Å². The second-order valence-electron chi connectivity index (χ2n) is 3.05. The number of nitrogens with zero attached hydrogens (tertiary/aromatic N) is 2. The van der Waals surface area contributed by atoms with Crippen LogP contribution in [0.3, 0.4) is 0 Å². The molecular weight excluding hydrogens is 140 g/mol. The van der Waals surface area contributed by atoms with E-state index in [0.29, 0.717) is 0 Å². The van der Waals surface area contributed by atoms with Gasteiger partial charge in [0.25, 0.3) is 0 Å². The zero-order chi connectivity index (χ0) is 8.10. The van der Waals surface area contributed by atoms with Gasteiger partial charge in [0.2, 0.25) is 0 Å². The average Bonchev–Trinajstić information content (AvgIpc) is 2.04. The lowest BCUT2D eigenvalue weighted by atomic mass is 10.3. The van der Waals surface area contributed by atoms with E-state index in [-0.39, 0.29) is 0 Å². The summed E-state index contributed by atoms with van der Waals surface area (Å²) in [6.07, 6.45) is 0. The van der Waals surface area contributed by atoms with Crippen molar-refractivity contribution >= 4 is 0 Å². The topological polar surface area (TPSA) is 15.7 Å². The van der Waals surface area contributed by atoms with Crippen molar-refractivity contribution in [3.8, 4) is 0 Å². The van der Waals surface area contributed by atoms with Crippen molar-refractivity contribution in [3.05, 3.63) is 7.11 Å². The quantitative estimate of drug-likeness (QED) is 0.575. The Morgan fingerprint density at radius 3 is 2.45 bits per heavy atom. The van der Waals surface area contributed by atoms with Crippen LogP contribution in [0.15, 0.2) is 0 Å². The Balaban J connectivity index is 2.07. The van der Waals surface area contributed by atoms with Gasteiger partial charge < -0.3 is 9.64 Å². The molecule has 1 rings (SSSR count). The molecule has 1 fully saturated rings. The van der Waals surface area contributed by atoms with Crippen LogP contribution < -0.4 is 0 Å². The molecule has 0 spiro atoms. The van der Waals surface area contributed by atoms with Gasteiger partial charge in [0.15, 0.2) is 0 Å². The Hall–Kier alpha value is -0.120. The molecule has 0 N–H and O–H groups in total. The first-order valence-electron chi connectivity index (χ1n) is 4.11. The van der Waals surface area contributed by atoms with Crippen molar-refractivity contribution < 1.29 is 4.74 Å². The largest absolute Gasteiger partial charge is 0.378 e. The molecule has 65 valence electrons. The highest BCUT2D eigenvalue weighted by Crippen LogP contribution is 1.97. The molecule has 0 amide bonds. The fraction of sp³-hybridized carbons (Fsp3) is 0.875. The third-order valence-corrected chi connectivity index (χ3v) is 2.15. The van der Waals surface area contributed by atoms with Crippen molar-refractivity contribution in [3.63, 3.8) is 0 Å². The molecule has 1 aliphatic heterocycles. The first kappa shape index (κ1) is 8.97. The van der Waals surface area contributed by atoms with Gasteiger partial charge in [-0.3, -0.25) is 4.90 Å². The van der Waals surface area contributed by atoms with Crippen LogP contribution in [0.1, 0.15) is 0 Å². The zero-order valence-corrected chi connectivity index (χ0v) is 7.25. The smallest absolute Gasteiger partial charge is 0.0701 e. The first-order valence-corrected chi connectivity index (χ1v) is 4.11. The summed E-state index contributed by atoms with van der Waals surface area (Å²) >= 11 is 0. The highest BCUT2D eigenvalue weighted by molar-refractivity contribution is 4.68. The average molecular weight is 157 g/mol. The Labute approximate surface area is 68.9 Å². The minimum atomic E-state index is 0.754. The summed E-state index contributed by atoms with van der Waals surface area (Å²) in [5.41, 5.74) is 0. The van der Waals surface area contributed by atoms with Gasteiger partial charge >= 0.3 is 0 Å². The third-order valence-electron chi connectivity index (χ3n) is 2.15. The van der Waals surface area contributed by atoms with Crippen molar-refractivity contribution in [2.45, 2.75) is 0 Å². The van der Waals surface area contributed by atoms with E-state index in [1.165, 1.54) is 26.2 Å². The van der Waals surface area contributed by atoms with E-state index in [0.717, 1.165) is 13.2 Å². The normalized spacial score (nSPS) is 22.4. The molecule has 1 saturated heterocycles. The molecular formula is C8H17N2O. The summed E-state index contributed by atoms with van der Waals surface area (Å²) in [5, 5.41) is 0. The Bertz CT molecular complexity index is 97.5. The number of ether oxygens (including phenoxy) is 1. The third kappa shape index (κ3) is 3.18. The number of hydrogen-bond acceptors (Lipinski definition) is 3. The van der Waals surface area contributed by atoms with Crippen LogP contribution in [0, 0.1) is 7.11 Å². The fourth-order valence-electron chi connectivity index (χ4n) is 1.27. The number of rotatable bonds is 3. The van der Waals surface area contributed by atoms with Crippen LogP contribution in [0.4, 0.5) is 0 Å². The molecule has 0 aromatic carbocycles. The van der Waals surface area contributed by atoms with Crippen LogP contribution >= 0.6 is 0 Å². The molecule has 0 aromatic rings. The minimum absolute atomic E-state index is 0.754. The highest BCUT2D eigenvalue weighted by Gasteiger charge is 2.12. The summed E-state index contributed by atoms with van der Waals surface area (Å²) in [6.45, 7) is 6.47. The second-order valence-corrected chi connectivity index (χ2v) is 3.05. The van der Waals surface area contributed by atoms with Crippen molar-refractivity contribution in [1.29, 1.82) is 0 Å². The summed E-state index contributed by atoms with van der Waals surface area (Å²) in [5.74, 6) is 0. The van der Waals surface area contributed by atoms with Crippen LogP contribution in [0.5, 0.6) is 0 Å². The second kappa shape index (κ2) is 4.70. The Morgan fingerprint density at radius 2 is 1.91 bits per heavy atom. The fourth-order valence-corrected chi connectivity index (χ4v) is 1.27. The summed E-state index contributed by atoms with van der Waals surface area (Å²) in [4.78, 5) is 4.76. The predicted octanol–water partition coefficient (Wildman–Crippen LogP) is 0.0420. The van der Waals surface area contributed by atoms with Crippen LogP contribution in [-0.4, -0.2) is 56.2 Å². The first-order chi connectivity index (χ1) is 5.33. The van der Waals surface area contributed by atoms with E-state index in [4.69, 9.17) is 4.74 Å². The van der Waals surface area contributed by atoms with Gasteiger partial charge in [-0.05, 0) is 7.05 Å². The minimum Gasteiger partial charge on any atom is -0.378 e. The van der Waals surface area contributed by atoms with E-state index >= 15 is 0 Å². The summed E-state index contributed by atoms with van der Waals surface area (Å²) in [6, 6.07) is 0. The van der Waals surface area contributed by atoms with Gasteiger partial charge in [-0.2, -0.15) is 0 Å². The lowest BCUT2D eigenvalue weighted by Gasteiger charge is -2.31. The summed E-state index contributed by atoms with van der Waals surface area (Å²) in [7, 11) is 5.51. The van der Waals surface area contributed by atoms with E-state index in [9.17, 15) is 0 Å². The number of hydrogen-bond donors (Lipinski definition) is 0. The van der Waals surface area contributed by atoms with E-state index in [1.54, 1.807) is 0 Å². The molecule has 0 unspecified atom stereocenters. The maximum Gasteiger partial charge on any atom is 0.0701 e. The molecule has 0 bridgehead atoms. The van der Waals surface area contributed by atoms with Gasteiger partial charge in [-0.1, -0.05) is 0 Å². The lowest BCUT2D eigenvalue weighted by molar-refractivity contribution is 0.120. The zero-order valence-electron chi connectivity index (χ0n) is 7.25. The van der Waals surface area contributed by atoms with Crippen LogP contribution in [0.2, 0.25) is 0 Å².